The second-order valence-electron chi connectivity index (χ2n) is 15.0. The van der Waals surface area contributed by atoms with E-state index in [1.54, 1.807) is 40.6 Å². The van der Waals surface area contributed by atoms with Gasteiger partial charge in [0.1, 0.15) is 47.7 Å². The van der Waals surface area contributed by atoms with Gasteiger partial charge < -0.3 is 43.1 Å². The van der Waals surface area contributed by atoms with Gasteiger partial charge in [-0.2, -0.15) is 0 Å². The molecule has 12 nitrogen and oxygen atoms in total. The Labute approximate surface area is 369 Å². The Kier molecular flexibility index (Phi) is 11.6. The number of hydrogen-bond donors (Lipinski definition) is 2. The lowest BCUT2D eigenvalue weighted by Crippen LogP contribution is -2.00. The van der Waals surface area contributed by atoms with Crippen LogP contribution in [-0.4, -0.2) is 61.5 Å². The molecule has 0 radical (unpaired) electrons. The fourth-order valence-electron chi connectivity index (χ4n) is 7.69. The Morgan fingerprint density at radius 2 is 0.906 bits per heavy atom. The third kappa shape index (κ3) is 8.88. The lowest BCUT2D eigenvalue weighted by Gasteiger charge is -2.15. The van der Waals surface area contributed by atoms with E-state index in [9.17, 15) is 4.79 Å². The van der Waals surface area contributed by atoms with Crippen molar-refractivity contribution in [2.45, 2.75) is 13.2 Å². The molecule has 0 fully saturated rings. The van der Waals surface area contributed by atoms with Crippen LogP contribution in [0.1, 0.15) is 44.3 Å². The van der Waals surface area contributed by atoms with E-state index in [1.165, 1.54) is 7.11 Å². The standard InChI is InChI=1S/C52H44N4O8/c1-58-40-18-31(19-41(26-40)59-2)29-63-44-22-35(23-45(28-44)64-30-32-20-42(60-3)27-43(21-32)61-4)51-48-16-12-38(55-48)24-36-10-14-46(53-36)50(33-6-8-34(9-7-33)52(57)62-5)47-15-11-37(54-47)25-39-13-17-49(51)56-39/h6-28,53,56H,29-30H2,1-5H3. The number of esters is 1. The summed E-state index contributed by atoms with van der Waals surface area (Å²) in [4.78, 5) is 29.7. The van der Waals surface area contributed by atoms with Crippen LogP contribution >= 0.6 is 0 Å². The van der Waals surface area contributed by atoms with Crippen molar-refractivity contribution in [3.63, 3.8) is 0 Å². The molecule has 12 heteroatoms. The van der Waals surface area contributed by atoms with Crippen molar-refractivity contribution in [3.05, 3.63) is 155 Å². The van der Waals surface area contributed by atoms with Crippen LogP contribution in [0, 0.1) is 0 Å². The number of carbonyl (C=O) groups is 1. The number of nitrogens with zero attached hydrogens (tertiary/aromatic N) is 2. The number of rotatable bonds is 13. The van der Waals surface area contributed by atoms with Gasteiger partial charge in [-0.1, -0.05) is 12.1 Å². The predicted molar refractivity (Wildman–Crippen MR) is 249 cm³/mol. The predicted octanol–water partition coefficient (Wildman–Crippen LogP) is 11.0. The van der Waals surface area contributed by atoms with Crippen LogP contribution in [-0.2, 0) is 18.0 Å². The van der Waals surface area contributed by atoms with Gasteiger partial charge in [0.05, 0.1) is 63.9 Å². The van der Waals surface area contributed by atoms with Crippen LogP contribution in [0.4, 0.5) is 0 Å². The largest absolute Gasteiger partial charge is 0.497 e. The highest BCUT2D eigenvalue weighted by Crippen LogP contribution is 2.37. The van der Waals surface area contributed by atoms with Crippen LogP contribution < -0.4 is 28.4 Å². The van der Waals surface area contributed by atoms with Gasteiger partial charge in [-0.15, -0.1) is 0 Å². The Balaban J connectivity index is 1.18. The Bertz CT molecular complexity index is 3010. The van der Waals surface area contributed by atoms with Crippen molar-refractivity contribution in [2.75, 3.05) is 35.5 Å². The highest BCUT2D eigenvalue weighted by Gasteiger charge is 2.17. The first kappa shape index (κ1) is 41.1. The molecule has 2 N–H and O–H groups in total. The number of benzene rings is 4. The number of nitrogens with one attached hydrogen (secondary N) is 2. The van der Waals surface area contributed by atoms with Crippen molar-refractivity contribution in [3.8, 4) is 56.8 Å². The molecule has 3 aromatic heterocycles. The molecule has 0 saturated carbocycles. The molecule has 0 unspecified atom stereocenters. The first-order valence-electron chi connectivity index (χ1n) is 20.4. The van der Waals surface area contributed by atoms with Gasteiger partial charge in [0, 0.05) is 51.4 Å². The Hall–Kier alpha value is -8.25. The monoisotopic (exact) mass is 852 g/mol. The molecule has 0 aliphatic carbocycles. The van der Waals surface area contributed by atoms with Gasteiger partial charge in [-0.05, 0) is 131 Å². The third-order valence-electron chi connectivity index (χ3n) is 10.8. The van der Waals surface area contributed by atoms with Gasteiger partial charge in [0.25, 0.3) is 0 Å². The van der Waals surface area contributed by atoms with Crippen LogP contribution in [0.15, 0.2) is 115 Å². The number of H-pyrrole nitrogens is 2. The molecule has 0 atom stereocenters. The van der Waals surface area contributed by atoms with E-state index in [-0.39, 0.29) is 13.2 Å². The average Bonchev–Trinajstić information content (AvgIpc) is 4.18. The molecule has 2 aliphatic rings. The maximum absolute atomic E-state index is 12.2. The number of aromatic amines is 2. The number of methoxy groups -OCH3 is 5. The van der Waals surface area contributed by atoms with Crippen molar-refractivity contribution in [1.29, 1.82) is 0 Å². The van der Waals surface area contributed by atoms with Gasteiger partial charge in [-0.25, -0.2) is 14.8 Å². The molecular formula is C52H44N4O8. The SMILES string of the molecule is COC(=O)c1ccc(-c2c3nc(cc4ccc([nH]4)c(-c4cc(OCc5cc(OC)cc(OC)c5)cc(OCc5cc(OC)cc(OC)c5)c4)c4nc(cc5ccc2[nH]5)C=C4)C=C3)cc1. The fourth-order valence-corrected chi connectivity index (χ4v) is 7.69. The highest BCUT2D eigenvalue weighted by molar-refractivity contribution is 5.95. The van der Waals surface area contributed by atoms with Crippen molar-refractivity contribution >= 4 is 52.3 Å². The summed E-state index contributed by atoms with van der Waals surface area (Å²) in [6.07, 6.45) is 7.99. The topological polar surface area (TPSA) is 139 Å². The number of ether oxygens (including phenoxy) is 7. The zero-order valence-electron chi connectivity index (χ0n) is 35.9. The smallest absolute Gasteiger partial charge is 0.337 e. The third-order valence-corrected chi connectivity index (χ3v) is 10.8. The molecule has 64 heavy (non-hydrogen) atoms. The summed E-state index contributed by atoms with van der Waals surface area (Å²) in [5.74, 6) is 3.40. The van der Waals surface area contributed by atoms with E-state index in [0.717, 1.165) is 78.2 Å². The molecule has 2 aliphatic heterocycles. The van der Waals surface area contributed by atoms with Crippen molar-refractivity contribution < 1.29 is 38.0 Å². The normalized spacial score (nSPS) is 11.6. The maximum Gasteiger partial charge on any atom is 0.337 e. The van der Waals surface area contributed by atoms with E-state index in [4.69, 9.17) is 43.1 Å². The summed E-state index contributed by atoms with van der Waals surface area (Å²) in [6, 6.07) is 36.6. The summed E-state index contributed by atoms with van der Waals surface area (Å²) < 4.78 is 40.1. The summed E-state index contributed by atoms with van der Waals surface area (Å²) >= 11 is 0. The van der Waals surface area contributed by atoms with Gasteiger partial charge >= 0.3 is 5.97 Å². The second-order valence-corrected chi connectivity index (χ2v) is 15.0. The number of hydrogen-bond acceptors (Lipinski definition) is 10. The Morgan fingerprint density at radius 1 is 0.469 bits per heavy atom. The minimum atomic E-state index is -0.395. The molecule has 5 heterocycles. The second kappa shape index (κ2) is 18.0. The fraction of sp³-hybridized carbons (Fsp3) is 0.135. The molecular weight excluding hydrogens is 809 g/mol. The minimum absolute atomic E-state index is 0.235. The first-order chi connectivity index (χ1) is 31.3. The van der Waals surface area contributed by atoms with Crippen LogP contribution in [0.25, 0.3) is 68.6 Å². The van der Waals surface area contributed by atoms with Crippen LogP contribution in [0.3, 0.4) is 0 Å². The Morgan fingerprint density at radius 3 is 1.34 bits per heavy atom. The van der Waals surface area contributed by atoms with E-state index >= 15 is 0 Å². The maximum atomic E-state index is 12.2. The summed E-state index contributed by atoms with van der Waals surface area (Å²) in [7, 11) is 7.86. The van der Waals surface area contributed by atoms with Crippen molar-refractivity contribution in [2.24, 2.45) is 0 Å². The summed E-state index contributed by atoms with van der Waals surface area (Å²) in [6.45, 7) is 0.470. The lowest BCUT2D eigenvalue weighted by atomic mass is 10.0. The number of fused-ring (bicyclic) bond motifs is 8. The lowest BCUT2D eigenvalue weighted by molar-refractivity contribution is 0.0600. The van der Waals surface area contributed by atoms with E-state index < -0.39 is 5.97 Å². The summed E-state index contributed by atoms with van der Waals surface area (Å²) in [5, 5.41) is 0. The highest BCUT2D eigenvalue weighted by atomic mass is 16.5. The zero-order chi connectivity index (χ0) is 44.2. The number of aromatic nitrogens is 4. The average molecular weight is 853 g/mol. The molecule has 4 aromatic carbocycles. The molecule has 7 aromatic rings. The van der Waals surface area contributed by atoms with Crippen LogP contribution in [0.5, 0.6) is 34.5 Å². The van der Waals surface area contributed by atoms with Crippen LogP contribution in [0.2, 0.25) is 0 Å². The zero-order valence-corrected chi connectivity index (χ0v) is 35.9. The minimum Gasteiger partial charge on any atom is -0.497 e. The van der Waals surface area contributed by atoms with Gasteiger partial charge in [-0.3, -0.25) is 0 Å². The van der Waals surface area contributed by atoms with E-state index in [0.29, 0.717) is 40.1 Å². The molecule has 0 spiro atoms. The van der Waals surface area contributed by atoms with E-state index in [1.807, 2.05) is 127 Å². The molecule has 9 rings (SSSR count). The quantitative estimate of drug-likeness (QED) is 0.108. The first-order valence-corrected chi connectivity index (χ1v) is 20.4. The number of carbonyl (C=O) groups excluding carboxylic acids is 1. The molecule has 0 saturated heterocycles. The molecule has 0 amide bonds. The molecule has 320 valence electrons. The van der Waals surface area contributed by atoms with Gasteiger partial charge in [0.15, 0.2) is 0 Å². The van der Waals surface area contributed by atoms with Gasteiger partial charge in [0.2, 0.25) is 0 Å². The van der Waals surface area contributed by atoms with Crippen molar-refractivity contribution in [1.82, 2.24) is 19.9 Å². The summed E-state index contributed by atoms with van der Waals surface area (Å²) in [5.41, 5.74) is 12.0. The molecule has 8 bridgehead atoms. The van der Waals surface area contributed by atoms with E-state index in [2.05, 4.69) is 9.97 Å².